The molecular weight excluding hydrogens is 319 g/mol. The van der Waals surface area contributed by atoms with Crippen LogP contribution in [0.25, 0.3) is 0 Å². The van der Waals surface area contributed by atoms with E-state index < -0.39 is 0 Å². The molecule has 2 atom stereocenters. The fraction of sp³-hybridized carbons (Fsp3) is 0.625. The normalized spacial score (nSPS) is 22.5. The molecule has 1 aromatic rings. The Morgan fingerprint density at radius 1 is 1.40 bits per heavy atom. The van der Waals surface area contributed by atoms with Gasteiger partial charge in [0.05, 0.1) is 0 Å². The minimum absolute atomic E-state index is 0.00120. The van der Waals surface area contributed by atoms with Crippen molar-refractivity contribution in [1.29, 1.82) is 0 Å². The molecule has 2 nitrogen and oxygen atoms in total. The van der Waals surface area contributed by atoms with E-state index in [9.17, 15) is 4.39 Å². The van der Waals surface area contributed by atoms with Crippen LogP contribution in [0.1, 0.15) is 44.2 Å². The lowest BCUT2D eigenvalue weighted by atomic mass is 9.98. The zero-order valence-corrected chi connectivity index (χ0v) is 13.7. The Morgan fingerprint density at radius 2 is 2.20 bits per heavy atom. The minimum Gasteiger partial charge on any atom is -0.329 e. The summed E-state index contributed by atoms with van der Waals surface area (Å²) in [5, 5.41) is 0. The topological polar surface area (TPSA) is 29.3 Å². The molecule has 0 aromatic heterocycles. The van der Waals surface area contributed by atoms with E-state index in [-0.39, 0.29) is 11.9 Å². The molecule has 20 heavy (non-hydrogen) atoms. The predicted octanol–water partition coefficient (Wildman–Crippen LogP) is 4.10. The maximum absolute atomic E-state index is 14.2. The Hall–Kier alpha value is -0.450. The van der Waals surface area contributed by atoms with E-state index in [0.29, 0.717) is 6.54 Å². The molecule has 2 rings (SSSR count). The molecule has 4 heteroatoms. The van der Waals surface area contributed by atoms with Crippen molar-refractivity contribution in [3.8, 4) is 0 Å². The van der Waals surface area contributed by atoms with Gasteiger partial charge in [-0.2, -0.15) is 0 Å². The highest BCUT2D eigenvalue weighted by atomic mass is 79.9. The third-order valence-corrected chi connectivity index (χ3v) is 4.94. The van der Waals surface area contributed by atoms with Crippen LogP contribution in [-0.4, -0.2) is 24.5 Å². The lowest BCUT2D eigenvalue weighted by Gasteiger charge is -2.30. The van der Waals surface area contributed by atoms with Crippen LogP contribution in [0.2, 0.25) is 0 Å². The first-order valence-corrected chi connectivity index (χ1v) is 8.34. The second kappa shape index (κ2) is 7.53. The quantitative estimate of drug-likeness (QED) is 0.892. The van der Waals surface area contributed by atoms with Gasteiger partial charge in [-0.05, 0) is 50.4 Å². The highest BCUT2D eigenvalue weighted by Gasteiger charge is 2.24. The lowest BCUT2D eigenvalue weighted by molar-refractivity contribution is 0.203. The summed E-state index contributed by atoms with van der Waals surface area (Å²) in [6, 6.07) is 5.29. The zero-order chi connectivity index (χ0) is 14.5. The summed E-state index contributed by atoms with van der Waals surface area (Å²) in [5.74, 6) is 0.652. The van der Waals surface area contributed by atoms with Gasteiger partial charge in [0.1, 0.15) is 5.82 Å². The highest BCUT2D eigenvalue weighted by Crippen LogP contribution is 2.29. The van der Waals surface area contributed by atoms with Gasteiger partial charge in [0.25, 0.3) is 0 Å². The molecule has 2 unspecified atom stereocenters. The molecule has 1 saturated heterocycles. The number of nitrogens with zero attached hydrogens (tertiary/aromatic N) is 1. The number of likely N-dealkylation sites (tertiary alicyclic amines) is 1. The van der Waals surface area contributed by atoms with Gasteiger partial charge < -0.3 is 5.73 Å². The van der Waals surface area contributed by atoms with E-state index in [2.05, 4.69) is 27.8 Å². The van der Waals surface area contributed by atoms with Crippen LogP contribution in [-0.2, 0) is 0 Å². The van der Waals surface area contributed by atoms with Gasteiger partial charge in [-0.3, -0.25) is 4.90 Å². The molecule has 1 aliphatic rings. The van der Waals surface area contributed by atoms with Crippen LogP contribution in [0.15, 0.2) is 22.7 Å². The maximum Gasteiger partial charge on any atom is 0.129 e. The first kappa shape index (κ1) is 15.9. The summed E-state index contributed by atoms with van der Waals surface area (Å²) in [4.78, 5) is 2.36. The zero-order valence-electron chi connectivity index (χ0n) is 12.1. The molecule has 1 heterocycles. The summed E-state index contributed by atoms with van der Waals surface area (Å²) in [6.07, 6.45) is 4.92. The van der Waals surface area contributed by atoms with Gasteiger partial charge >= 0.3 is 0 Å². The smallest absolute Gasteiger partial charge is 0.129 e. The van der Waals surface area contributed by atoms with Crippen molar-refractivity contribution in [2.45, 2.75) is 38.6 Å². The van der Waals surface area contributed by atoms with E-state index >= 15 is 0 Å². The van der Waals surface area contributed by atoms with E-state index in [1.54, 1.807) is 0 Å². The van der Waals surface area contributed by atoms with Crippen LogP contribution in [0, 0.1) is 11.7 Å². The number of nitrogens with two attached hydrogens (primary N) is 1. The van der Waals surface area contributed by atoms with E-state index in [1.165, 1.54) is 31.7 Å². The molecule has 0 spiro atoms. The fourth-order valence-corrected chi connectivity index (χ4v) is 3.49. The van der Waals surface area contributed by atoms with Crippen molar-refractivity contribution in [2.24, 2.45) is 11.7 Å². The number of rotatable bonds is 4. The van der Waals surface area contributed by atoms with Crippen molar-refractivity contribution < 1.29 is 4.39 Å². The Balaban J connectivity index is 2.15. The van der Waals surface area contributed by atoms with Crippen LogP contribution in [0.3, 0.4) is 0 Å². The second-order valence-corrected chi connectivity index (χ2v) is 6.57. The number of hydrogen-bond donors (Lipinski definition) is 1. The van der Waals surface area contributed by atoms with Gasteiger partial charge in [0, 0.05) is 22.6 Å². The number of halogens is 2. The Bertz CT molecular complexity index is 438. The molecule has 1 aliphatic heterocycles. The summed E-state index contributed by atoms with van der Waals surface area (Å²) in [6.45, 7) is 4.77. The summed E-state index contributed by atoms with van der Waals surface area (Å²) < 4.78 is 14.9. The molecule has 112 valence electrons. The van der Waals surface area contributed by atoms with Crippen molar-refractivity contribution in [2.75, 3.05) is 19.6 Å². The van der Waals surface area contributed by atoms with Crippen molar-refractivity contribution >= 4 is 15.9 Å². The van der Waals surface area contributed by atoms with Gasteiger partial charge in [-0.25, -0.2) is 4.39 Å². The third kappa shape index (κ3) is 3.80. The summed E-state index contributed by atoms with van der Waals surface area (Å²) >= 11 is 3.31. The average Bonchev–Trinajstić information content (AvgIpc) is 2.67. The van der Waals surface area contributed by atoms with E-state index in [0.717, 1.165) is 29.0 Å². The van der Waals surface area contributed by atoms with Gasteiger partial charge in [0.15, 0.2) is 0 Å². The molecule has 1 aromatic carbocycles. The number of hydrogen-bond acceptors (Lipinski definition) is 2. The molecule has 0 saturated carbocycles. The molecule has 0 bridgehead atoms. The Labute approximate surface area is 129 Å². The molecule has 1 fully saturated rings. The van der Waals surface area contributed by atoms with Gasteiger partial charge in [-0.1, -0.05) is 35.3 Å². The monoisotopic (exact) mass is 342 g/mol. The summed E-state index contributed by atoms with van der Waals surface area (Å²) in [7, 11) is 0. The third-order valence-electron chi connectivity index (χ3n) is 4.45. The summed E-state index contributed by atoms with van der Waals surface area (Å²) in [5.41, 5.74) is 6.67. The van der Waals surface area contributed by atoms with E-state index in [4.69, 9.17) is 5.73 Å². The van der Waals surface area contributed by atoms with Crippen molar-refractivity contribution in [3.63, 3.8) is 0 Å². The maximum atomic E-state index is 14.2. The standard InChI is InChI=1S/C16H24BrFN2/c1-2-12-4-3-8-20(9-7-12)16(11-19)14-6-5-13(17)10-15(14)18/h5-6,10,12,16H,2-4,7-9,11,19H2,1H3. The minimum atomic E-state index is -0.161. The van der Waals surface area contributed by atoms with Gasteiger partial charge in [-0.15, -0.1) is 0 Å². The molecule has 0 radical (unpaired) electrons. The fourth-order valence-electron chi connectivity index (χ4n) is 3.15. The molecule has 2 N–H and O–H groups in total. The van der Waals surface area contributed by atoms with Crippen molar-refractivity contribution in [3.05, 3.63) is 34.1 Å². The SMILES string of the molecule is CCC1CCCN(C(CN)c2ccc(Br)cc2F)CC1. The highest BCUT2D eigenvalue weighted by molar-refractivity contribution is 9.10. The average molecular weight is 343 g/mol. The van der Waals surface area contributed by atoms with Crippen LogP contribution in [0.5, 0.6) is 0 Å². The van der Waals surface area contributed by atoms with Crippen LogP contribution < -0.4 is 5.73 Å². The first-order chi connectivity index (χ1) is 9.65. The van der Waals surface area contributed by atoms with Crippen molar-refractivity contribution in [1.82, 2.24) is 4.90 Å². The Kier molecular flexibility index (Phi) is 6.00. The molecule has 0 amide bonds. The van der Waals surface area contributed by atoms with Gasteiger partial charge in [0.2, 0.25) is 0 Å². The largest absolute Gasteiger partial charge is 0.329 e. The molecular formula is C16H24BrFN2. The molecule has 0 aliphatic carbocycles. The van der Waals surface area contributed by atoms with Crippen LogP contribution >= 0.6 is 15.9 Å². The van der Waals surface area contributed by atoms with Crippen LogP contribution in [0.4, 0.5) is 4.39 Å². The second-order valence-electron chi connectivity index (χ2n) is 5.66. The Morgan fingerprint density at radius 3 is 2.85 bits per heavy atom. The van der Waals surface area contributed by atoms with E-state index in [1.807, 2.05) is 12.1 Å². The first-order valence-electron chi connectivity index (χ1n) is 7.54. The number of benzene rings is 1. The lowest BCUT2D eigenvalue weighted by Crippen LogP contribution is -2.35. The predicted molar refractivity (Wildman–Crippen MR) is 85.1 cm³/mol.